The Kier molecular flexibility index (Phi) is 4.35. The Labute approximate surface area is 140 Å². The first-order chi connectivity index (χ1) is 11.8. The summed E-state index contributed by atoms with van der Waals surface area (Å²) in [4.78, 5) is 12.5. The molecule has 0 spiro atoms. The number of H-pyrrole nitrogens is 1. The molecule has 0 aliphatic heterocycles. The van der Waals surface area contributed by atoms with Crippen molar-refractivity contribution in [2.24, 2.45) is 0 Å². The predicted octanol–water partition coefficient (Wildman–Crippen LogP) is 3.95. The van der Waals surface area contributed by atoms with Crippen LogP contribution in [0.15, 0.2) is 48.7 Å². The highest BCUT2D eigenvalue weighted by molar-refractivity contribution is 6.05. The van der Waals surface area contributed by atoms with Gasteiger partial charge < -0.3 is 10.1 Å². The molecule has 1 amide bonds. The van der Waals surface area contributed by atoms with Gasteiger partial charge in [0.2, 0.25) is 0 Å². The normalized spacial score (nSPS) is 12.8. The van der Waals surface area contributed by atoms with E-state index in [0.717, 1.165) is 5.39 Å². The van der Waals surface area contributed by atoms with Gasteiger partial charge in [-0.2, -0.15) is 5.10 Å². The molecular weight excluding hydrogens is 335 g/mol. The molecule has 8 heteroatoms. The largest absolute Gasteiger partial charge is 0.573 e. The smallest absolute Gasteiger partial charge is 0.406 e. The second-order valence-corrected chi connectivity index (χ2v) is 5.45. The Morgan fingerprint density at radius 2 is 1.92 bits per heavy atom. The van der Waals surface area contributed by atoms with E-state index in [1.807, 2.05) is 6.07 Å². The number of nitrogens with one attached hydrogen (secondary N) is 2. The van der Waals surface area contributed by atoms with Gasteiger partial charge in [-0.05, 0) is 30.7 Å². The third-order valence-corrected chi connectivity index (χ3v) is 3.68. The lowest BCUT2D eigenvalue weighted by Gasteiger charge is -2.15. The molecule has 1 atom stereocenters. The zero-order valence-corrected chi connectivity index (χ0v) is 13.1. The van der Waals surface area contributed by atoms with Crippen molar-refractivity contribution < 1.29 is 22.7 Å². The van der Waals surface area contributed by atoms with E-state index in [0.29, 0.717) is 16.6 Å². The van der Waals surface area contributed by atoms with Gasteiger partial charge in [0.25, 0.3) is 5.91 Å². The molecule has 3 rings (SSSR count). The van der Waals surface area contributed by atoms with E-state index in [-0.39, 0.29) is 11.7 Å². The van der Waals surface area contributed by atoms with E-state index < -0.39 is 12.4 Å². The van der Waals surface area contributed by atoms with Crippen LogP contribution in [0, 0.1) is 0 Å². The van der Waals surface area contributed by atoms with Crippen LogP contribution < -0.4 is 10.1 Å². The van der Waals surface area contributed by atoms with Crippen LogP contribution in [0.1, 0.15) is 28.9 Å². The van der Waals surface area contributed by atoms with Crippen LogP contribution in [0.2, 0.25) is 0 Å². The Hall–Kier alpha value is -3.03. The number of aromatic amines is 1. The van der Waals surface area contributed by atoms with Crippen molar-refractivity contribution in [3.8, 4) is 5.75 Å². The summed E-state index contributed by atoms with van der Waals surface area (Å²) in [5.74, 6) is -0.616. The number of aromatic nitrogens is 2. The monoisotopic (exact) mass is 349 g/mol. The fourth-order valence-electron chi connectivity index (χ4n) is 2.47. The van der Waals surface area contributed by atoms with E-state index in [4.69, 9.17) is 0 Å². The van der Waals surface area contributed by atoms with Crippen LogP contribution in [-0.4, -0.2) is 22.5 Å². The van der Waals surface area contributed by atoms with Gasteiger partial charge in [0.05, 0.1) is 23.3 Å². The number of nitrogens with zero attached hydrogens (tertiary/aromatic N) is 1. The number of alkyl halides is 3. The number of carbonyl (C=O) groups excluding carboxylic acids is 1. The second kappa shape index (κ2) is 6.46. The Balaban J connectivity index is 1.72. The molecule has 0 radical (unpaired) electrons. The molecule has 0 bridgehead atoms. The molecule has 0 aliphatic rings. The molecule has 1 heterocycles. The minimum atomic E-state index is -4.73. The first-order valence-corrected chi connectivity index (χ1v) is 7.42. The summed E-state index contributed by atoms with van der Waals surface area (Å²) in [7, 11) is 0. The van der Waals surface area contributed by atoms with E-state index in [9.17, 15) is 18.0 Å². The van der Waals surface area contributed by atoms with Crippen LogP contribution in [-0.2, 0) is 0 Å². The van der Waals surface area contributed by atoms with Crippen molar-refractivity contribution in [1.29, 1.82) is 0 Å². The average Bonchev–Trinajstić information content (AvgIpc) is 3.02. The molecule has 0 unspecified atom stereocenters. The molecule has 0 saturated carbocycles. The van der Waals surface area contributed by atoms with Crippen molar-refractivity contribution in [3.05, 3.63) is 59.8 Å². The highest BCUT2D eigenvalue weighted by atomic mass is 19.4. The lowest BCUT2D eigenvalue weighted by molar-refractivity contribution is -0.274. The molecule has 130 valence electrons. The summed E-state index contributed by atoms with van der Waals surface area (Å²) in [5.41, 5.74) is 1.72. The number of ether oxygens (including phenoxy) is 1. The molecule has 0 saturated heterocycles. The van der Waals surface area contributed by atoms with Crippen LogP contribution >= 0.6 is 0 Å². The van der Waals surface area contributed by atoms with Crippen molar-refractivity contribution in [2.45, 2.75) is 19.3 Å². The lowest BCUT2D eigenvalue weighted by Crippen LogP contribution is -2.26. The quantitative estimate of drug-likeness (QED) is 0.749. The minimum Gasteiger partial charge on any atom is -0.406 e. The lowest BCUT2D eigenvalue weighted by atomic mass is 10.1. The van der Waals surface area contributed by atoms with E-state index in [1.165, 1.54) is 24.3 Å². The summed E-state index contributed by atoms with van der Waals surface area (Å²) in [6, 6.07) is 10.2. The first kappa shape index (κ1) is 16.8. The summed E-state index contributed by atoms with van der Waals surface area (Å²) >= 11 is 0. The van der Waals surface area contributed by atoms with E-state index in [1.54, 1.807) is 25.3 Å². The molecule has 2 N–H and O–H groups in total. The third kappa shape index (κ3) is 3.90. The fourth-order valence-corrected chi connectivity index (χ4v) is 2.47. The molecule has 0 fully saturated rings. The fraction of sp³-hybridized carbons (Fsp3) is 0.176. The second-order valence-electron chi connectivity index (χ2n) is 5.45. The van der Waals surface area contributed by atoms with Crippen molar-refractivity contribution in [2.75, 3.05) is 0 Å². The first-order valence-electron chi connectivity index (χ1n) is 7.42. The summed E-state index contributed by atoms with van der Waals surface area (Å²) in [5, 5.41) is 10.3. The van der Waals surface area contributed by atoms with Crippen molar-refractivity contribution in [3.63, 3.8) is 0 Å². The van der Waals surface area contributed by atoms with Crippen LogP contribution in [0.25, 0.3) is 10.9 Å². The Morgan fingerprint density at radius 1 is 1.20 bits per heavy atom. The van der Waals surface area contributed by atoms with Crippen LogP contribution in [0.3, 0.4) is 0 Å². The van der Waals surface area contributed by atoms with Gasteiger partial charge in [-0.1, -0.05) is 24.3 Å². The molecule has 1 aromatic heterocycles. The number of fused-ring (bicyclic) bond motifs is 1. The summed E-state index contributed by atoms with van der Waals surface area (Å²) in [6.07, 6.45) is -3.11. The van der Waals surface area contributed by atoms with E-state index in [2.05, 4.69) is 20.3 Å². The van der Waals surface area contributed by atoms with Crippen molar-refractivity contribution in [1.82, 2.24) is 15.5 Å². The number of halogens is 3. The van der Waals surface area contributed by atoms with Gasteiger partial charge in [0.15, 0.2) is 0 Å². The zero-order valence-electron chi connectivity index (χ0n) is 13.1. The number of hydrogen-bond donors (Lipinski definition) is 2. The zero-order chi connectivity index (χ0) is 18.0. The van der Waals surface area contributed by atoms with Gasteiger partial charge in [0, 0.05) is 5.39 Å². The maximum atomic E-state index is 12.5. The average molecular weight is 349 g/mol. The number of rotatable bonds is 4. The topological polar surface area (TPSA) is 67.0 Å². The maximum Gasteiger partial charge on any atom is 0.573 e. The minimum absolute atomic E-state index is 0.307. The van der Waals surface area contributed by atoms with E-state index >= 15 is 0 Å². The third-order valence-electron chi connectivity index (χ3n) is 3.68. The Morgan fingerprint density at radius 3 is 2.60 bits per heavy atom. The number of hydrogen-bond acceptors (Lipinski definition) is 3. The van der Waals surface area contributed by atoms with Gasteiger partial charge in [-0.25, -0.2) is 0 Å². The highest BCUT2D eigenvalue weighted by Gasteiger charge is 2.31. The highest BCUT2D eigenvalue weighted by Crippen LogP contribution is 2.24. The molecule has 25 heavy (non-hydrogen) atoms. The van der Waals surface area contributed by atoms with Crippen LogP contribution in [0.5, 0.6) is 5.75 Å². The molecule has 3 aromatic rings. The van der Waals surface area contributed by atoms with Gasteiger partial charge in [-0.3, -0.25) is 9.89 Å². The standard InChI is InChI=1S/C17H14F3N3O2/c1-10(11-5-7-13(8-6-11)25-17(18,19)20)22-16(24)14-4-2-3-12-9-21-23-15(12)14/h2-10H,1H3,(H,21,23)(H,22,24)/t10-/m0/s1. The van der Waals surface area contributed by atoms with Crippen molar-refractivity contribution >= 4 is 16.8 Å². The number of para-hydroxylation sites is 1. The maximum absolute atomic E-state index is 12.5. The van der Waals surface area contributed by atoms with Gasteiger partial charge >= 0.3 is 6.36 Å². The molecular formula is C17H14F3N3O2. The number of amides is 1. The SMILES string of the molecule is C[C@H](NC(=O)c1cccc2cn[nH]c12)c1ccc(OC(F)(F)F)cc1. The molecule has 0 aliphatic carbocycles. The summed E-state index contributed by atoms with van der Waals surface area (Å²) in [6.45, 7) is 1.74. The number of benzene rings is 2. The van der Waals surface area contributed by atoms with Gasteiger partial charge in [0.1, 0.15) is 5.75 Å². The van der Waals surface area contributed by atoms with Crippen LogP contribution in [0.4, 0.5) is 13.2 Å². The van der Waals surface area contributed by atoms with Gasteiger partial charge in [-0.15, -0.1) is 13.2 Å². The Bertz CT molecular complexity index is 888. The molecule has 2 aromatic carbocycles. The predicted molar refractivity (Wildman–Crippen MR) is 85.1 cm³/mol. The summed E-state index contributed by atoms with van der Waals surface area (Å²) < 4.78 is 40.3. The molecule has 5 nitrogen and oxygen atoms in total. The number of carbonyl (C=O) groups is 1.